The van der Waals surface area contributed by atoms with Crippen LogP contribution >= 0.6 is 0 Å². The summed E-state index contributed by atoms with van der Waals surface area (Å²) in [6, 6.07) is 8.91. The summed E-state index contributed by atoms with van der Waals surface area (Å²) < 4.78 is 42.5. The number of hydrogen-bond acceptors (Lipinski definition) is 5. The number of hydrogen-bond donors (Lipinski definition) is 1. The lowest BCUT2D eigenvalue weighted by molar-refractivity contribution is -0.137. The SMILES string of the molecule is Cc1cc(C(F)(F)F)c(C#N)c(N2CCC[C@H]2c2nccn2-c2ccccc2C(N)=O)n1. The van der Waals surface area contributed by atoms with Gasteiger partial charge in [0.1, 0.15) is 23.3 Å². The number of para-hydroxylation sites is 1. The van der Waals surface area contributed by atoms with E-state index in [-0.39, 0.29) is 11.5 Å². The second-order valence-corrected chi connectivity index (χ2v) is 7.51. The van der Waals surface area contributed by atoms with Crippen molar-refractivity contribution in [2.45, 2.75) is 32.0 Å². The van der Waals surface area contributed by atoms with E-state index in [2.05, 4.69) is 9.97 Å². The highest BCUT2D eigenvalue weighted by Crippen LogP contribution is 2.41. The number of amides is 1. The third-order valence-electron chi connectivity index (χ3n) is 5.47. The van der Waals surface area contributed by atoms with Gasteiger partial charge in [-0.15, -0.1) is 0 Å². The summed E-state index contributed by atoms with van der Waals surface area (Å²) in [5.41, 5.74) is 4.99. The van der Waals surface area contributed by atoms with Crippen LogP contribution in [0.2, 0.25) is 0 Å². The van der Waals surface area contributed by atoms with E-state index in [1.54, 1.807) is 52.2 Å². The van der Waals surface area contributed by atoms with E-state index in [1.165, 1.54) is 6.92 Å². The number of aryl methyl sites for hydroxylation is 1. The van der Waals surface area contributed by atoms with Gasteiger partial charge in [0.2, 0.25) is 0 Å². The number of alkyl halides is 3. The Balaban J connectivity index is 1.84. The van der Waals surface area contributed by atoms with Crippen LogP contribution in [-0.2, 0) is 6.18 Å². The largest absolute Gasteiger partial charge is 0.417 e. The molecule has 164 valence electrons. The molecule has 0 radical (unpaired) electrons. The number of nitrogens with zero attached hydrogens (tertiary/aromatic N) is 5. The molecule has 4 rings (SSSR count). The zero-order valence-corrected chi connectivity index (χ0v) is 17.1. The van der Waals surface area contributed by atoms with Crippen molar-refractivity contribution in [1.29, 1.82) is 5.26 Å². The number of rotatable bonds is 4. The summed E-state index contributed by atoms with van der Waals surface area (Å²) in [5.74, 6) is -0.0949. The summed E-state index contributed by atoms with van der Waals surface area (Å²) in [5, 5.41) is 9.57. The molecular weight excluding hydrogens is 421 g/mol. The number of carbonyl (C=O) groups excluding carboxylic acids is 1. The molecule has 0 bridgehead atoms. The molecule has 0 aliphatic carbocycles. The van der Waals surface area contributed by atoms with Crippen LogP contribution in [0.25, 0.3) is 5.69 Å². The smallest absolute Gasteiger partial charge is 0.366 e. The summed E-state index contributed by atoms with van der Waals surface area (Å²) in [6.45, 7) is 1.88. The first-order chi connectivity index (χ1) is 15.2. The van der Waals surface area contributed by atoms with Crippen molar-refractivity contribution in [3.63, 3.8) is 0 Å². The van der Waals surface area contributed by atoms with E-state index in [1.807, 2.05) is 0 Å². The lowest BCUT2D eigenvalue weighted by atomic mass is 10.1. The zero-order chi connectivity index (χ0) is 23.0. The average Bonchev–Trinajstić information content (AvgIpc) is 3.41. The normalized spacial score (nSPS) is 16.2. The Kier molecular flexibility index (Phi) is 5.34. The molecule has 1 saturated heterocycles. The topological polar surface area (TPSA) is 101 Å². The highest BCUT2D eigenvalue weighted by molar-refractivity contribution is 5.96. The fourth-order valence-corrected chi connectivity index (χ4v) is 4.14. The van der Waals surface area contributed by atoms with E-state index in [0.29, 0.717) is 36.5 Å². The second-order valence-electron chi connectivity index (χ2n) is 7.51. The van der Waals surface area contributed by atoms with E-state index in [4.69, 9.17) is 5.73 Å². The number of carbonyl (C=O) groups is 1. The van der Waals surface area contributed by atoms with Gasteiger partial charge in [-0.1, -0.05) is 12.1 Å². The van der Waals surface area contributed by atoms with Crippen molar-refractivity contribution in [2.24, 2.45) is 5.73 Å². The number of primary amides is 1. The van der Waals surface area contributed by atoms with E-state index < -0.39 is 29.3 Å². The molecule has 1 fully saturated rings. The van der Waals surface area contributed by atoms with E-state index in [0.717, 1.165) is 6.07 Å². The molecule has 0 saturated carbocycles. The molecular formula is C22H19F3N6O. The fourth-order valence-electron chi connectivity index (χ4n) is 4.14. The number of nitrogens with two attached hydrogens (primary N) is 1. The van der Waals surface area contributed by atoms with Crippen LogP contribution in [0.1, 0.15) is 51.9 Å². The number of anilines is 1. The zero-order valence-electron chi connectivity index (χ0n) is 17.1. The number of pyridine rings is 1. The Morgan fingerprint density at radius 3 is 2.75 bits per heavy atom. The van der Waals surface area contributed by atoms with Crippen LogP contribution in [0.5, 0.6) is 0 Å². The fraction of sp³-hybridized carbons (Fsp3) is 0.273. The van der Waals surface area contributed by atoms with Crippen molar-refractivity contribution >= 4 is 11.7 Å². The first-order valence-electron chi connectivity index (χ1n) is 9.90. The van der Waals surface area contributed by atoms with Gasteiger partial charge in [0, 0.05) is 24.6 Å². The summed E-state index contributed by atoms with van der Waals surface area (Å²) in [6.07, 6.45) is -0.181. The van der Waals surface area contributed by atoms with Gasteiger partial charge in [0.15, 0.2) is 0 Å². The standard InChI is InChI=1S/C22H19F3N6O/c1-13-11-16(22(23,24)25)15(12-26)20(29-13)30-9-4-7-18(30)21-28-8-10-31(21)17-6-3-2-5-14(17)19(27)32/h2-3,5-6,8,10-11,18H,4,7,9H2,1H3,(H2,27,32)/t18-/m0/s1. The van der Waals surface area contributed by atoms with Crippen LogP contribution in [0.3, 0.4) is 0 Å². The molecule has 10 heteroatoms. The first kappa shape index (κ1) is 21.4. The van der Waals surface area contributed by atoms with Crippen LogP contribution in [-0.4, -0.2) is 27.0 Å². The summed E-state index contributed by atoms with van der Waals surface area (Å²) in [4.78, 5) is 22.3. The number of benzene rings is 1. The maximum atomic E-state index is 13.6. The number of halogens is 3. The number of nitriles is 1. The Morgan fingerprint density at radius 2 is 2.06 bits per heavy atom. The predicted molar refractivity (Wildman–Crippen MR) is 110 cm³/mol. The van der Waals surface area contributed by atoms with E-state index >= 15 is 0 Å². The monoisotopic (exact) mass is 440 g/mol. The minimum Gasteiger partial charge on any atom is -0.366 e. The molecule has 3 heterocycles. The Labute approximate surface area is 181 Å². The average molecular weight is 440 g/mol. The van der Waals surface area contributed by atoms with Crippen LogP contribution in [0, 0.1) is 18.3 Å². The van der Waals surface area contributed by atoms with Crippen molar-refractivity contribution < 1.29 is 18.0 Å². The first-order valence-corrected chi connectivity index (χ1v) is 9.90. The van der Waals surface area contributed by atoms with Crippen molar-refractivity contribution in [3.05, 3.63) is 70.9 Å². The minimum atomic E-state index is -4.68. The maximum Gasteiger partial charge on any atom is 0.417 e. The molecule has 2 N–H and O–H groups in total. The van der Waals surface area contributed by atoms with Gasteiger partial charge in [0.05, 0.1) is 22.9 Å². The van der Waals surface area contributed by atoms with Crippen molar-refractivity contribution in [3.8, 4) is 11.8 Å². The number of imidazole rings is 1. The highest BCUT2D eigenvalue weighted by Gasteiger charge is 2.39. The Bertz CT molecular complexity index is 1230. The van der Waals surface area contributed by atoms with Gasteiger partial charge in [-0.05, 0) is 38.0 Å². The van der Waals surface area contributed by atoms with Crippen molar-refractivity contribution in [2.75, 3.05) is 11.4 Å². The van der Waals surface area contributed by atoms with Crippen molar-refractivity contribution in [1.82, 2.24) is 14.5 Å². The molecule has 0 unspecified atom stereocenters. The Hall–Kier alpha value is -3.87. The lowest BCUT2D eigenvalue weighted by Gasteiger charge is -2.28. The molecule has 1 aromatic carbocycles. The summed E-state index contributed by atoms with van der Waals surface area (Å²) >= 11 is 0. The van der Waals surface area contributed by atoms with Gasteiger partial charge < -0.3 is 15.2 Å². The molecule has 2 aromatic heterocycles. The van der Waals surface area contributed by atoms with Gasteiger partial charge in [-0.25, -0.2) is 9.97 Å². The van der Waals surface area contributed by atoms with E-state index in [9.17, 15) is 23.2 Å². The molecule has 3 aromatic rings. The minimum absolute atomic E-state index is 0.0138. The highest BCUT2D eigenvalue weighted by atomic mass is 19.4. The number of aromatic nitrogens is 3. The quantitative estimate of drug-likeness (QED) is 0.663. The molecule has 1 aliphatic rings. The third kappa shape index (κ3) is 3.66. The third-order valence-corrected chi connectivity index (χ3v) is 5.47. The Morgan fingerprint density at radius 1 is 1.31 bits per heavy atom. The molecule has 32 heavy (non-hydrogen) atoms. The van der Waals surface area contributed by atoms with Gasteiger partial charge in [-0.2, -0.15) is 18.4 Å². The predicted octanol–water partition coefficient (Wildman–Crippen LogP) is 3.91. The summed E-state index contributed by atoms with van der Waals surface area (Å²) in [7, 11) is 0. The maximum absolute atomic E-state index is 13.6. The van der Waals surface area contributed by atoms with Gasteiger partial charge in [0.25, 0.3) is 5.91 Å². The van der Waals surface area contributed by atoms with Gasteiger partial charge >= 0.3 is 6.18 Å². The second kappa shape index (κ2) is 8.00. The lowest BCUT2D eigenvalue weighted by Crippen LogP contribution is -2.28. The molecule has 7 nitrogen and oxygen atoms in total. The van der Waals surface area contributed by atoms with Crippen LogP contribution in [0.4, 0.5) is 19.0 Å². The molecule has 0 spiro atoms. The molecule has 1 aliphatic heterocycles. The van der Waals surface area contributed by atoms with Crippen LogP contribution in [0.15, 0.2) is 42.7 Å². The molecule has 1 amide bonds. The molecule has 1 atom stereocenters. The van der Waals surface area contributed by atoms with Gasteiger partial charge in [-0.3, -0.25) is 4.79 Å². The van der Waals surface area contributed by atoms with Crippen LogP contribution < -0.4 is 10.6 Å².